The van der Waals surface area contributed by atoms with Crippen molar-refractivity contribution in [1.29, 1.82) is 0 Å². The number of anilines is 1. The Morgan fingerprint density at radius 2 is 2.00 bits per heavy atom. The second-order valence-corrected chi connectivity index (χ2v) is 7.28. The molecule has 3 rings (SSSR count). The van der Waals surface area contributed by atoms with Crippen LogP contribution >= 0.6 is 0 Å². The molecule has 7 heteroatoms. The highest BCUT2D eigenvalue weighted by Crippen LogP contribution is 2.27. The zero-order chi connectivity index (χ0) is 20.3. The van der Waals surface area contributed by atoms with E-state index >= 15 is 0 Å². The summed E-state index contributed by atoms with van der Waals surface area (Å²) in [6.07, 6.45) is 1.83. The maximum absolute atomic E-state index is 12.2. The number of carbonyl (C=O) groups is 2. The number of carbonyl (C=O) groups excluding carboxylic acids is 2. The van der Waals surface area contributed by atoms with E-state index in [0.29, 0.717) is 11.5 Å². The van der Waals surface area contributed by atoms with Crippen LogP contribution in [0.1, 0.15) is 29.8 Å². The summed E-state index contributed by atoms with van der Waals surface area (Å²) in [6.45, 7) is 7.05. The molecule has 0 spiro atoms. The molecule has 0 aliphatic heterocycles. The molecule has 2 aromatic carbocycles. The van der Waals surface area contributed by atoms with E-state index in [2.05, 4.69) is 41.7 Å². The molecule has 7 nitrogen and oxygen atoms in total. The van der Waals surface area contributed by atoms with Gasteiger partial charge in [-0.25, -0.2) is 4.68 Å². The van der Waals surface area contributed by atoms with Crippen molar-refractivity contribution in [1.82, 2.24) is 15.1 Å². The molecule has 1 heterocycles. The van der Waals surface area contributed by atoms with Gasteiger partial charge in [-0.05, 0) is 48.7 Å². The van der Waals surface area contributed by atoms with E-state index in [1.165, 1.54) is 0 Å². The van der Waals surface area contributed by atoms with Crippen LogP contribution in [-0.2, 0) is 4.79 Å². The minimum atomic E-state index is -0.584. The van der Waals surface area contributed by atoms with E-state index < -0.39 is 5.91 Å². The first-order chi connectivity index (χ1) is 13.3. The number of fused-ring (bicyclic) bond motifs is 1. The van der Waals surface area contributed by atoms with Crippen molar-refractivity contribution < 1.29 is 9.59 Å². The molecule has 0 bridgehead atoms. The molecule has 0 saturated heterocycles. The Morgan fingerprint density at radius 1 is 1.21 bits per heavy atom. The van der Waals surface area contributed by atoms with Gasteiger partial charge in [0.2, 0.25) is 5.91 Å². The average molecular weight is 379 g/mol. The molecule has 0 aliphatic rings. The maximum atomic E-state index is 12.2. The number of aryl methyl sites for hydroxylation is 1. The van der Waals surface area contributed by atoms with E-state index in [1.54, 1.807) is 18.2 Å². The van der Waals surface area contributed by atoms with Crippen molar-refractivity contribution in [3.63, 3.8) is 0 Å². The second-order valence-electron chi connectivity index (χ2n) is 7.28. The van der Waals surface area contributed by atoms with Crippen LogP contribution in [0, 0.1) is 12.8 Å². The Hall–Kier alpha value is -3.35. The highest BCUT2D eigenvalue weighted by molar-refractivity contribution is 5.97. The first kappa shape index (κ1) is 19.4. The summed E-state index contributed by atoms with van der Waals surface area (Å²) in [5.41, 5.74) is 9.42. The summed E-state index contributed by atoms with van der Waals surface area (Å²) < 4.78 is 1.81. The number of primary amides is 1. The Morgan fingerprint density at radius 3 is 2.71 bits per heavy atom. The third-order valence-electron chi connectivity index (χ3n) is 4.31. The monoisotopic (exact) mass is 379 g/mol. The molecule has 28 heavy (non-hydrogen) atoms. The molecule has 0 aliphatic carbocycles. The number of hydrogen-bond donors (Lipinski definition) is 3. The SMILES string of the molecule is Cc1cc(NCC(C)C)c2cnn(-c3cccc(C(=O)NCC(N)=O)c3)c2c1. The molecular weight excluding hydrogens is 354 g/mol. The van der Waals surface area contributed by atoms with Crippen molar-refractivity contribution in [3.8, 4) is 5.69 Å². The molecule has 0 fully saturated rings. The van der Waals surface area contributed by atoms with Gasteiger partial charge >= 0.3 is 0 Å². The van der Waals surface area contributed by atoms with E-state index in [4.69, 9.17) is 5.73 Å². The van der Waals surface area contributed by atoms with E-state index in [0.717, 1.165) is 34.4 Å². The number of amides is 2. The zero-order valence-electron chi connectivity index (χ0n) is 16.3. The fraction of sp³-hybridized carbons (Fsp3) is 0.286. The summed E-state index contributed by atoms with van der Waals surface area (Å²) >= 11 is 0. The van der Waals surface area contributed by atoms with Gasteiger partial charge in [-0.1, -0.05) is 19.9 Å². The van der Waals surface area contributed by atoms with Crippen LogP contribution < -0.4 is 16.4 Å². The normalized spacial score (nSPS) is 11.0. The fourth-order valence-corrected chi connectivity index (χ4v) is 2.98. The molecule has 0 atom stereocenters. The predicted octanol–water partition coefficient (Wildman–Crippen LogP) is 2.62. The van der Waals surface area contributed by atoms with Crippen molar-refractivity contribution in [2.24, 2.45) is 11.7 Å². The Kier molecular flexibility index (Phi) is 5.63. The number of nitrogens with two attached hydrogens (primary N) is 1. The van der Waals surface area contributed by atoms with Gasteiger partial charge in [-0.15, -0.1) is 0 Å². The van der Waals surface area contributed by atoms with E-state index in [1.807, 2.05) is 23.9 Å². The van der Waals surface area contributed by atoms with Crippen LogP contribution in [-0.4, -0.2) is 34.7 Å². The van der Waals surface area contributed by atoms with E-state index in [9.17, 15) is 9.59 Å². The lowest BCUT2D eigenvalue weighted by Crippen LogP contribution is -2.33. The fourth-order valence-electron chi connectivity index (χ4n) is 2.98. The van der Waals surface area contributed by atoms with Gasteiger partial charge in [0.05, 0.1) is 23.9 Å². The summed E-state index contributed by atoms with van der Waals surface area (Å²) in [7, 11) is 0. The molecule has 3 aromatic rings. The summed E-state index contributed by atoms with van der Waals surface area (Å²) in [5.74, 6) is -0.409. The lowest BCUT2D eigenvalue weighted by atomic mass is 10.1. The highest BCUT2D eigenvalue weighted by atomic mass is 16.2. The molecule has 2 amide bonds. The molecule has 146 valence electrons. The number of aromatic nitrogens is 2. The number of nitrogens with zero attached hydrogens (tertiary/aromatic N) is 2. The molecule has 0 unspecified atom stereocenters. The lowest BCUT2D eigenvalue weighted by molar-refractivity contribution is -0.117. The topological polar surface area (TPSA) is 102 Å². The first-order valence-electron chi connectivity index (χ1n) is 9.24. The molecule has 4 N–H and O–H groups in total. The third-order valence-corrected chi connectivity index (χ3v) is 4.31. The molecule has 0 radical (unpaired) electrons. The first-order valence-corrected chi connectivity index (χ1v) is 9.24. The van der Waals surface area contributed by atoms with Crippen molar-refractivity contribution in [2.75, 3.05) is 18.4 Å². The summed E-state index contributed by atoms with van der Waals surface area (Å²) in [6, 6.07) is 11.3. The van der Waals surface area contributed by atoms with Crippen LogP contribution in [0.4, 0.5) is 5.69 Å². The highest BCUT2D eigenvalue weighted by Gasteiger charge is 2.12. The smallest absolute Gasteiger partial charge is 0.251 e. The van der Waals surface area contributed by atoms with Crippen LogP contribution in [0.15, 0.2) is 42.6 Å². The van der Waals surface area contributed by atoms with Crippen LogP contribution in [0.2, 0.25) is 0 Å². The molecular formula is C21H25N5O2. The summed E-state index contributed by atoms with van der Waals surface area (Å²) in [4.78, 5) is 23.1. The van der Waals surface area contributed by atoms with Crippen LogP contribution in [0.3, 0.4) is 0 Å². The quantitative estimate of drug-likeness (QED) is 0.587. The van der Waals surface area contributed by atoms with Crippen molar-refractivity contribution >= 4 is 28.4 Å². The Labute approximate surface area is 163 Å². The Bertz CT molecular complexity index is 1020. The predicted molar refractivity (Wildman–Crippen MR) is 111 cm³/mol. The van der Waals surface area contributed by atoms with Gasteiger partial charge in [0.15, 0.2) is 0 Å². The minimum Gasteiger partial charge on any atom is -0.384 e. The van der Waals surface area contributed by atoms with Gasteiger partial charge in [0.1, 0.15) is 0 Å². The largest absolute Gasteiger partial charge is 0.384 e. The second kappa shape index (κ2) is 8.12. The lowest BCUT2D eigenvalue weighted by Gasteiger charge is -2.12. The number of rotatable bonds is 7. The maximum Gasteiger partial charge on any atom is 0.251 e. The van der Waals surface area contributed by atoms with E-state index in [-0.39, 0.29) is 12.5 Å². The molecule has 1 aromatic heterocycles. The van der Waals surface area contributed by atoms with Crippen LogP contribution in [0.25, 0.3) is 16.6 Å². The minimum absolute atomic E-state index is 0.197. The summed E-state index contributed by atoms with van der Waals surface area (Å²) in [5, 5.41) is 11.6. The zero-order valence-corrected chi connectivity index (χ0v) is 16.3. The number of hydrogen-bond acceptors (Lipinski definition) is 4. The molecule has 0 saturated carbocycles. The number of benzene rings is 2. The standard InChI is InChI=1S/C21H25N5O2/c1-13(2)10-23-18-7-14(3)8-19-17(18)11-25-26(19)16-6-4-5-15(9-16)21(28)24-12-20(22)27/h4-9,11,13,23H,10,12H2,1-3H3,(H2,22,27)(H,24,28). The van der Waals surface area contributed by atoms with Gasteiger partial charge in [0, 0.05) is 23.2 Å². The Balaban J connectivity index is 1.97. The number of nitrogens with one attached hydrogen (secondary N) is 2. The van der Waals surface area contributed by atoms with Gasteiger partial charge < -0.3 is 16.4 Å². The van der Waals surface area contributed by atoms with Gasteiger partial charge in [-0.2, -0.15) is 5.10 Å². The van der Waals surface area contributed by atoms with Crippen LogP contribution in [0.5, 0.6) is 0 Å². The average Bonchev–Trinajstić information content (AvgIpc) is 3.08. The third kappa shape index (κ3) is 4.31. The van der Waals surface area contributed by atoms with Crippen molar-refractivity contribution in [3.05, 3.63) is 53.7 Å². The van der Waals surface area contributed by atoms with Gasteiger partial charge in [-0.3, -0.25) is 9.59 Å². The van der Waals surface area contributed by atoms with Gasteiger partial charge in [0.25, 0.3) is 5.91 Å². The van der Waals surface area contributed by atoms with Crippen molar-refractivity contribution in [2.45, 2.75) is 20.8 Å².